The maximum absolute atomic E-state index is 11.4. The Labute approximate surface area is 105 Å². The summed E-state index contributed by atoms with van der Waals surface area (Å²) in [6.45, 7) is 0. The molecular formula is C14H10NO2S. The number of sulfonamides is 1. The van der Waals surface area contributed by atoms with Crippen molar-refractivity contribution in [3.63, 3.8) is 0 Å². The Kier molecular flexibility index (Phi) is 2.36. The van der Waals surface area contributed by atoms with Gasteiger partial charge in [0, 0.05) is 5.39 Å². The topological polar surface area (TPSA) is 57.9 Å². The molecule has 0 unspecified atom stereocenters. The van der Waals surface area contributed by atoms with Crippen LogP contribution in [0, 0.1) is 0 Å². The second kappa shape index (κ2) is 3.80. The van der Waals surface area contributed by atoms with E-state index in [1.165, 1.54) is 6.07 Å². The number of benzene rings is 3. The molecule has 0 fully saturated rings. The first-order chi connectivity index (χ1) is 8.55. The summed E-state index contributed by atoms with van der Waals surface area (Å²) in [6.07, 6.45) is 0. The summed E-state index contributed by atoms with van der Waals surface area (Å²) in [6, 6.07) is 16.5. The van der Waals surface area contributed by atoms with E-state index in [1.54, 1.807) is 6.07 Å². The van der Waals surface area contributed by atoms with Gasteiger partial charge in [0.2, 0.25) is 0 Å². The smallest absolute Gasteiger partial charge is 0.206 e. The molecule has 0 heterocycles. The van der Waals surface area contributed by atoms with Crippen LogP contribution in [0.5, 0.6) is 0 Å². The van der Waals surface area contributed by atoms with E-state index in [4.69, 9.17) is 5.14 Å². The lowest BCUT2D eigenvalue weighted by atomic mass is 10.0. The molecule has 3 aromatic rings. The van der Waals surface area contributed by atoms with Gasteiger partial charge in [0.05, 0.1) is 4.90 Å². The van der Waals surface area contributed by atoms with E-state index in [-0.39, 0.29) is 4.90 Å². The standard InChI is InChI=1S/C14H10NO2S/c15-18(16,17)14-7-3-6-12-8-10-4-1-2-5-11(10)9-13(12)14/h1-9,15H. The summed E-state index contributed by atoms with van der Waals surface area (Å²) < 4.78 is 22.9. The van der Waals surface area contributed by atoms with Gasteiger partial charge in [0.1, 0.15) is 0 Å². The van der Waals surface area contributed by atoms with Crippen LogP contribution in [-0.4, -0.2) is 8.42 Å². The van der Waals surface area contributed by atoms with E-state index in [2.05, 4.69) is 0 Å². The summed E-state index contributed by atoms with van der Waals surface area (Å²) >= 11 is 0. The van der Waals surface area contributed by atoms with Gasteiger partial charge in [-0.2, -0.15) is 0 Å². The van der Waals surface area contributed by atoms with Crippen LogP contribution < -0.4 is 5.14 Å². The Morgan fingerprint density at radius 2 is 1.39 bits per heavy atom. The lowest BCUT2D eigenvalue weighted by Crippen LogP contribution is -2.01. The van der Waals surface area contributed by atoms with Crippen LogP contribution in [0.25, 0.3) is 21.5 Å². The summed E-state index contributed by atoms with van der Waals surface area (Å²) in [4.78, 5) is 0.0609. The Morgan fingerprint density at radius 1 is 0.778 bits per heavy atom. The van der Waals surface area contributed by atoms with Crippen molar-refractivity contribution >= 4 is 31.6 Å². The summed E-state index contributed by atoms with van der Waals surface area (Å²) in [5, 5.41) is 10.7. The molecule has 4 heteroatoms. The van der Waals surface area contributed by atoms with Crippen LogP contribution >= 0.6 is 0 Å². The number of nitrogens with one attached hydrogen (secondary N) is 1. The predicted molar refractivity (Wildman–Crippen MR) is 71.7 cm³/mol. The van der Waals surface area contributed by atoms with Crippen molar-refractivity contribution < 1.29 is 8.42 Å². The summed E-state index contributed by atoms with van der Waals surface area (Å²) in [5.41, 5.74) is 0. The van der Waals surface area contributed by atoms with E-state index in [0.717, 1.165) is 16.2 Å². The normalized spacial score (nSPS) is 12.1. The molecule has 0 atom stereocenters. The van der Waals surface area contributed by atoms with Crippen molar-refractivity contribution in [1.29, 1.82) is 0 Å². The van der Waals surface area contributed by atoms with Crippen molar-refractivity contribution in [3.8, 4) is 0 Å². The third-order valence-electron chi connectivity index (χ3n) is 3.00. The molecule has 0 bridgehead atoms. The van der Waals surface area contributed by atoms with E-state index in [1.807, 2.05) is 42.5 Å². The molecule has 3 aromatic carbocycles. The Morgan fingerprint density at radius 3 is 2.06 bits per heavy atom. The van der Waals surface area contributed by atoms with Gasteiger partial charge in [0.15, 0.2) is 0 Å². The number of rotatable bonds is 1. The zero-order chi connectivity index (χ0) is 12.8. The highest BCUT2D eigenvalue weighted by Crippen LogP contribution is 2.27. The van der Waals surface area contributed by atoms with Crippen LogP contribution in [0.1, 0.15) is 0 Å². The van der Waals surface area contributed by atoms with Crippen LogP contribution in [0.2, 0.25) is 0 Å². The zero-order valence-electron chi connectivity index (χ0n) is 9.42. The fourth-order valence-corrected chi connectivity index (χ4v) is 2.90. The number of hydrogen-bond donors (Lipinski definition) is 0. The molecular weight excluding hydrogens is 246 g/mol. The highest BCUT2D eigenvalue weighted by Gasteiger charge is 2.13. The quantitative estimate of drug-likeness (QED) is 0.628. The average Bonchev–Trinajstić information content (AvgIpc) is 2.34. The van der Waals surface area contributed by atoms with Crippen molar-refractivity contribution in [3.05, 3.63) is 54.6 Å². The molecule has 1 radical (unpaired) electrons. The molecule has 0 saturated heterocycles. The molecule has 3 nitrogen and oxygen atoms in total. The molecule has 1 N–H and O–H groups in total. The van der Waals surface area contributed by atoms with Crippen LogP contribution in [0.4, 0.5) is 0 Å². The van der Waals surface area contributed by atoms with Gasteiger partial charge in [-0.3, -0.25) is 0 Å². The summed E-state index contributed by atoms with van der Waals surface area (Å²) in [5.74, 6) is 0. The Bertz CT molecular complexity index is 854. The van der Waals surface area contributed by atoms with Gasteiger partial charge in [-0.15, -0.1) is 5.14 Å². The number of hydrogen-bond acceptors (Lipinski definition) is 2. The van der Waals surface area contributed by atoms with Crippen LogP contribution in [-0.2, 0) is 10.0 Å². The SMILES string of the molecule is [NH]S(=O)(=O)c1cccc2cc3ccccc3cc12. The highest BCUT2D eigenvalue weighted by molar-refractivity contribution is 7.89. The van der Waals surface area contributed by atoms with Crippen LogP contribution in [0.3, 0.4) is 0 Å². The van der Waals surface area contributed by atoms with Gasteiger partial charge >= 0.3 is 0 Å². The second-order valence-electron chi connectivity index (χ2n) is 4.18. The Hall–Kier alpha value is -1.91. The highest BCUT2D eigenvalue weighted by atomic mass is 32.2. The molecule has 0 aliphatic heterocycles. The molecule has 18 heavy (non-hydrogen) atoms. The van der Waals surface area contributed by atoms with Gasteiger partial charge in [-0.1, -0.05) is 36.4 Å². The molecule has 0 amide bonds. The van der Waals surface area contributed by atoms with Crippen molar-refractivity contribution in [1.82, 2.24) is 5.14 Å². The lowest BCUT2D eigenvalue weighted by Gasteiger charge is -2.06. The lowest BCUT2D eigenvalue weighted by molar-refractivity contribution is 0.597. The molecule has 0 aliphatic carbocycles. The minimum Gasteiger partial charge on any atom is -0.206 e. The van der Waals surface area contributed by atoms with Crippen molar-refractivity contribution in [2.24, 2.45) is 0 Å². The molecule has 0 aromatic heterocycles. The average molecular weight is 256 g/mol. The van der Waals surface area contributed by atoms with Gasteiger partial charge < -0.3 is 0 Å². The molecule has 89 valence electrons. The molecule has 3 rings (SSSR count). The number of fused-ring (bicyclic) bond motifs is 2. The van der Waals surface area contributed by atoms with Gasteiger partial charge in [-0.25, -0.2) is 8.42 Å². The van der Waals surface area contributed by atoms with Crippen molar-refractivity contribution in [2.75, 3.05) is 0 Å². The van der Waals surface area contributed by atoms with Crippen LogP contribution in [0.15, 0.2) is 59.5 Å². The predicted octanol–water partition coefficient (Wildman–Crippen LogP) is 2.96. The maximum Gasteiger partial charge on any atom is 0.254 e. The first-order valence-corrected chi connectivity index (χ1v) is 6.95. The minimum absolute atomic E-state index is 0.0609. The monoisotopic (exact) mass is 256 g/mol. The largest absolute Gasteiger partial charge is 0.254 e. The third-order valence-corrected chi connectivity index (χ3v) is 3.93. The van der Waals surface area contributed by atoms with E-state index < -0.39 is 10.0 Å². The second-order valence-corrected chi connectivity index (χ2v) is 5.63. The molecule has 0 aliphatic rings. The maximum atomic E-state index is 11.4. The van der Waals surface area contributed by atoms with E-state index in [0.29, 0.717) is 5.39 Å². The Balaban J connectivity index is 2.51. The first kappa shape index (κ1) is 11.2. The fourth-order valence-electron chi connectivity index (χ4n) is 2.17. The summed E-state index contributed by atoms with van der Waals surface area (Å²) in [7, 11) is -3.95. The third kappa shape index (κ3) is 1.75. The van der Waals surface area contributed by atoms with E-state index in [9.17, 15) is 8.42 Å². The minimum atomic E-state index is -3.95. The molecule has 0 spiro atoms. The first-order valence-electron chi connectivity index (χ1n) is 5.47. The van der Waals surface area contributed by atoms with Gasteiger partial charge in [-0.05, 0) is 34.4 Å². The van der Waals surface area contributed by atoms with Crippen molar-refractivity contribution in [2.45, 2.75) is 4.90 Å². The molecule has 0 saturated carbocycles. The van der Waals surface area contributed by atoms with E-state index >= 15 is 0 Å². The van der Waals surface area contributed by atoms with Gasteiger partial charge in [0.25, 0.3) is 10.0 Å². The zero-order valence-corrected chi connectivity index (χ0v) is 10.2. The fraction of sp³-hybridized carbons (Fsp3) is 0.